The van der Waals surface area contributed by atoms with Gasteiger partial charge in [0, 0.05) is 24.1 Å². The summed E-state index contributed by atoms with van der Waals surface area (Å²) < 4.78 is 26.5. The number of nitrogens with zero attached hydrogens (tertiary/aromatic N) is 1. The Bertz CT molecular complexity index is 675. The first-order chi connectivity index (χ1) is 11.1. The largest absolute Gasteiger partial charge is 0.316 e. The zero-order valence-electron chi connectivity index (χ0n) is 12.5. The Morgan fingerprint density at radius 3 is 2.74 bits per heavy atom. The van der Waals surface area contributed by atoms with Crippen molar-refractivity contribution in [2.75, 3.05) is 18.4 Å². The van der Waals surface area contributed by atoms with Crippen LogP contribution in [0.2, 0.25) is 0 Å². The van der Waals surface area contributed by atoms with E-state index in [1.165, 1.54) is 12.1 Å². The molecule has 3 rings (SSSR count). The van der Waals surface area contributed by atoms with E-state index in [-0.39, 0.29) is 5.91 Å². The predicted molar refractivity (Wildman–Crippen MR) is 82.8 cm³/mol. The Morgan fingerprint density at radius 2 is 2.04 bits per heavy atom. The molecule has 1 aromatic heterocycles. The fourth-order valence-corrected chi connectivity index (χ4v) is 2.74. The summed E-state index contributed by atoms with van der Waals surface area (Å²) in [5.41, 5.74) is 0.784. The van der Waals surface area contributed by atoms with Crippen LogP contribution in [-0.4, -0.2) is 29.2 Å². The third-order valence-corrected chi connectivity index (χ3v) is 3.96. The number of amides is 1. The van der Waals surface area contributed by atoms with Gasteiger partial charge in [-0.2, -0.15) is 5.10 Å². The second-order valence-corrected chi connectivity index (χ2v) is 5.77. The zero-order valence-corrected chi connectivity index (χ0v) is 12.5. The van der Waals surface area contributed by atoms with Crippen molar-refractivity contribution in [3.63, 3.8) is 0 Å². The standard InChI is InChI=1S/C16H18F2N4O/c17-12-5-11(6-13(18)7-12)14-8-15(22-21-14)20-16(23)2-1-10-3-4-19-9-10/h5-8,10,19H,1-4,9H2,(H2,20,21,22,23). The number of carbonyl (C=O) groups excluding carboxylic acids is 1. The molecule has 1 atom stereocenters. The van der Waals surface area contributed by atoms with Crippen molar-refractivity contribution in [2.24, 2.45) is 5.92 Å². The second-order valence-electron chi connectivity index (χ2n) is 5.77. The van der Waals surface area contributed by atoms with Gasteiger partial charge in [-0.3, -0.25) is 9.89 Å². The summed E-state index contributed by atoms with van der Waals surface area (Å²) in [6, 6.07) is 4.77. The van der Waals surface area contributed by atoms with E-state index in [9.17, 15) is 13.6 Å². The third-order valence-electron chi connectivity index (χ3n) is 3.96. The molecule has 1 unspecified atom stereocenters. The number of anilines is 1. The molecule has 0 saturated carbocycles. The normalized spacial score (nSPS) is 17.4. The maximum absolute atomic E-state index is 13.2. The maximum Gasteiger partial charge on any atom is 0.225 e. The van der Waals surface area contributed by atoms with Crippen LogP contribution in [0.15, 0.2) is 24.3 Å². The summed E-state index contributed by atoms with van der Waals surface area (Å²) in [6.07, 6.45) is 2.37. The third kappa shape index (κ3) is 4.13. The Balaban J connectivity index is 1.59. The molecule has 1 fully saturated rings. The number of hydrogen-bond donors (Lipinski definition) is 3. The smallest absolute Gasteiger partial charge is 0.225 e. The summed E-state index contributed by atoms with van der Waals surface area (Å²) in [4.78, 5) is 11.9. The molecule has 23 heavy (non-hydrogen) atoms. The van der Waals surface area contributed by atoms with E-state index in [1.54, 1.807) is 6.07 Å². The lowest BCUT2D eigenvalue weighted by molar-refractivity contribution is -0.116. The highest BCUT2D eigenvalue weighted by Gasteiger charge is 2.16. The fraction of sp³-hybridized carbons (Fsp3) is 0.375. The van der Waals surface area contributed by atoms with Gasteiger partial charge in [-0.25, -0.2) is 8.78 Å². The number of carbonyl (C=O) groups is 1. The molecular weight excluding hydrogens is 302 g/mol. The number of hydrogen-bond acceptors (Lipinski definition) is 3. The van der Waals surface area contributed by atoms with Crippen LogP contribution in [0.4, 0.5) is 14.6 Å². The summed E-state index contributed by atoms with van der Waals surface area (Å²) in [5, 5.41) is 12.6. The highest BCUT2D eigenvalue weighted by molar-refractivity contribution is 5.90. The van der Waals surface area contributed by atoms with Gasteiger partial charge in [-0.1, -0.05) is 0 Å². The monoisotopic (exact) mass is 320 g/mol. The average molecular weight is 320 g/mol. The molecule has 0 spiro atoms. The van der Waals surface area contributed by atoms with E-state index >= 15 is 0 Å². The molecule has 1 aromatic carbocycles. The minimum absolute atomic E-state index is 0.111. The van der Waals surface area contributed by atoms with E-state index in [0.717, 1.165) is 32.0 Å². The van der Waals surface area contributed by atoms with E-state index in [0.29, 0.717) is 29.4 Å². The lowest BCUT2D eigenvalue weighted by Crippen LogP contribution is -2.15. The van der Waals surface area contributed by atoms with Gasteiger partial charge in [0.15, 0.2) is 5.82 Å². The summed E-state index contributed by atoms with van der Waals surface area (Å²) in [7, 11) is 0. The molecule has 1 saturated heterocycles. The SMILES string of the molecule is O=C(CCC1CCNC1)Nc1cc(-c2cc(F)cc(F)c2)[nH]n1. The molecule has 1 aliphatic heterocycles. The molecular formula is C16H18F2N4O. The van der Waals surface area contributed by atoms with Crippen molar-refractivity contribution < 1.29 is 13.6 Å². The van der Waals surface area contributed by atoms with Gasteiger partial charge in [-0.05, 0) is 44.0 Å². The topological polar surface area (TPSA) is 69.8 Å². The van der Waals surface area contributed by atoms with E-state index < -0.39 is 11.6 Å². The van der Waals surface area contributed by atoms with Gasteiger partial charge < -0.3 is 10.6 Å². The maximum atomic E-state index is 13.2. The van der Waals surface area contributed by atoms with Gasteiger partial charge in [-0.15, -0.1) is 0 Å². The summed E-state index contributed by atoms with van der Waals surface area (Å²) >= 11 is 0. The number of benzene rings is 1. The number of nitrogens with one attached hydrogen (secondary N) is 3. The first kappa shape index (κ1) is 15.6. The Hall–Kier alpha value is -2.28. The number of halogens is 2. The van der Waals surface area contributed by atoms with Crippen LogP contribution in [0, 0.1) is 17.6 Å². The van der Waals surface area contributed by atoms with Crippen LogP contribution in [0.25, 0.3) is 11.3 Å². The number of rotatable bonds is 5. The van der Waals surface area contributed by atoms with Gasteiger partial charge in [0.25, 0.3) is 0 Å². The number of aromatic nitrogens is 2. The minimum atomic E-state index is -0.662. The molecule has 2 heterocycles. The van der Waals surface area contributed by atoms with Crippen LogP contribution < -0.4 is 10.6 Å². The Labute approximate surface area is 132 Å². The zero-order chi connectivity index (χ0) is 16.2. The quantitative estimate of drug-likeness (QED) is 0.793. The molecule has 3 N–H and O–H groups in total. The van der Waals surface area contributed by atoms with Crippen molar-refractivity contribution >= 4 is 11.7 Å². The van der Waals surface area contributed by atoms with Gasteiger partial charge >= 0.3 is 0 Å². The van der Waals surface area contributed by atoms with Crippen LogP contribution in [0.1, 0.15) is 19.3 Å². The van der Waals surface area contributed by atoms with Crippen molar-refractivity contribution in [1.29, 1.82) is 0 Å². The molecule has 2 aromatic rings. The molecule has 5 nitrogen and oxygen atoms in total. The minimum Gasteiger partial charge on any atom is -0.316 e. The molecule has 122 valence electrons. The number of aromatic amines is 1. The molecule has 0 aliphatic carbocycles. The Kier molecular flexibility index (Phi) is 4.66. The van der Waals surface area contributed by atoms with Crippen LogP contribution in [0.5, 0.6) is 0 Å². The van der Waals surface area contributed by atoms with Gasteiger partial charge in [0.05, 0.1) is 5.69 Å². The summed E-state index contributed by atoms with van der Waals surface area (Å²) in [5.74, 6) is -0.541. The van der Waals surface area contributed by atoms with E-state index in [2.05, 4.69) is 20.8 Å². The van der Waals surface area contributed by atoms with Crippen molar-refractivity contribution in [3.05, 3.63) is 35.9 Å². The second kappa shape index (κ2) is 6.87. The number of H-pyrrole nitrogens is 1. The highest BCUT2D eigenvalue weighted by atomic mass is 19.1. The first-order valence-electron chi connectivity index (χ1n) is 7.62. The molecule has 0 bridgehead atoms. The van der Waals surface area contributed by atoms with Crippen LogP contribution in [0.3, 0.4) is 0 Å². The van der Waals surface area contributed by atoms with Gasteiger partial charge in [0.2, 0.25) is 5.91 Å². The van der Waals surface area contributed by atoms with Crippen LogP contribution >= 0.6 is 0 Å². The summed E-state index contributed by atoms with van der Waals surface area (Å²) in [6.45, 7) is 1.98. The highest BCUT2D eigenvalue weighted by Crippen LogP contribution is 2.22. The predicted octanol–water partition coefficient (Wildman–Crippen LogP) is 2.68. The molecule has 1 aliphatic rings. The first-order valence-corrected chi connectivity index (χ1v) is 7.62. The Morgan fingerprint density at radius 1 is 1.26 bits per heavy atom. The van der Waals surface area contributed by atoms with E-state index in [4.69, 9.17) is 0 Å². The fourth-order valence-electron chi connectivity index (χ4n) is 2.74. The molecule has 1 amide bonds. The van der Waals surface area contributed by atoms with E-state index in [1.807, 2.05) is 0 Å². The molecule has 0 radical (unpaired) electrons. The molecule has 7 heteroatoms. The van der Waals surface area contributed by atoms with Crippen LogP contribution in [-0.2, 0) is 4.79 Å². The van der Waals surface area contributed by atoms with Crippen molar-refractivity contribution in [3.8, 4) is 11.3 Å². The van der Waals surface area contributed by atoms with Crippen molar-refractivity contribution in [2.45, 2.75) is 19.3 Å². The van der Waals surface area contributed by atoms with Crippen molar-refractivity contribution in [1.82, 2.24) is 15.5 Å². The van der Waals surface area contributed by atoms with Gasteiger partial charge in [0.1, 0.15) is 11.6 Å². The average Bonchev–Trinajstić information content (AvgIpc) is 3.15. The lowest BCUT2D eigenvalue weighted by atomic mass is 10.0. The lowest BCUT2D eigenvalue weighted by Gasteiger charge is -2.07.